The lowest BCUT2D eigenvalue weighted by molar-refractivity contribution is -0.127. The molecule has 4 rings (SSSR count). The molecule has 0 spiro atoms. The van der Waals surface area contributed by atoms with Gasteiger partial charge in [0.15, 0.2) is 0 Å². The number of ketones is 2. The molecule has 4 aliphatic rings. The zero-order chi connectivity index (χ0) is 16.4. The Bertz CT molecular complexity index is 710. The van der Waals surface area contributed by atoms with Crippen molar-refractivity contribution in [3.63, 3.8) is 0 Å². The number of hydrogen-bond acceptors (Lipinski definition) is 3. The summed E-state index contributed by atoms with van der Waals surface area (Å²) in [5, 5.41) is 9.75. The van der Waals surface area contributed by atoms with Gasteiger partial charge in [-0.3, -0.25) is 9.59 Å². The van der Waals surface area contributed by atoms with E-state index in [2.05, 4.69) is 32.1 Å². The molecule has 0 aromatic carbocycles. The van der Waals surface area contributed by atoms with Crippen molar-refractivity contribution in [1.29, 1.82) is 5.26 Å². The predicted octanol–water partition coefficient (Wildman–Crippen LogP) is 3.76. The SMILES string of the molecule is CC12CCC(=O)CC1=C[C@@H](C#N)C1C2=CCC2(C)C(=O)CCC12. The van der Waals surface area contributed by atoms with E-state index in [0.29, 0.717) is 30.8 Å². The highest BCUT2D eigenvalue weighted by Crippen LogP contribution is 2.62. The third kappa shape index (κ3) is 1.81. The van der Waals surface area contributed by atoms with Gasteiger partial charge in [0, 0.05) is 36.0 Å². The smallest absolute Gasteiger partial charge is 0.139 e. The minimum atomic E-state index is -0.282. The molecule has 0 heterocycles. The van der Waals surface area contributed by atoms with E-state index in [9.17, 15) is 14.9 Å². The van der Waals surface area contributed by atoms with E-state index in [1.54, 1.807) is 0 Å². The molecule has 2 saturated carbocycles. The maximum atomic E-state index is 12.4. The average molecular weight is 309 g/mol. The second-order valence-electron chi connectivity index (χ2n) is 8.27. The first-order valence-electron chi connectivity index (χ1n) is 8.76. The highest BCUT2D eigenvalue weighted by molar-refractivity contribution is 5.88. The maximum absolute atomic E-state index is 12.4. The van der Waals surface area contributed by atoms with Crippen molar-refractivity contribution < 1.29 is 9.59 Å². The van der Waals surface area contributed by atoms with E-state index < -0.39 is 0 Å². The van der Waals surface area contributed by atoms with Gasteiger partial charge in [-0.05, 0) is 25.2 Å². The van der Waals surface area contributed by atoms with Crippen molar-refractivity contribution in [3.05, 3.63) is 23.3 Å². The first-order chi connectivity index (χ1) is 10.9. The van der Waals surface area contributed by atoms with Crippen LogP contribution in [0.15, 0.2) is 23.3 Å². The summed E-state index contributed by atoms with van der Waals surface area (Å²) in [4.78, 5) is 24.3. The summed E-state index contributed by atoms with van der Waals surface area (Å²) in [5.74, 6) is 0.916. The topological polar surface area (TPSA) is 57.9 Å². The fourth-order valence-corrected chi connectivity index (χ4v) is 5.71. The van der Waals surface area contributed by atoms with E-state index in [0.717, 1.165) is 24.8 Å². The number of carbonyl (C=O) groups is 2. The molecule has 3 heteroatoms. The van der Waals surface area contributed by atoms with Gasteiger partial charge in [0.1, 0.15) is 11.6 Å². The Kier molecular flexibility index (Phi) is 3.01. The highest BCUT2D eigenvalue weighted by Gasteiger charge is 2.57. The Morgan fingerprint density at radius 2 is 2.04 bits per heavy atom. The summed E-state index contributed by atoms with van der Waals surface area (Å²) in [6.07, 6.45) is 8.70. The Hall–Kier alpha value is -1.69. The molecule has 3 nitrogen and oxygen atoms in total. The van der Waals surface area contributed by atoms with Crippen molar-refractivity contribution in [2.24, 2.45) is 28.6 Å². The van der Waals surface area contributed by atoms with Gasteiger partial charge in [-0.1, -0.05) is 37.1 Å². The van der Waals surface area contributed by atoms with Crippen LogP contribution in [-0.2, 0) is 9.59 Å². The van der Waals surface area contributed by atoms with Gasteiger partial charge >= 0.3 is 0 Å². The molecule has 0 N–H and O–H groups in total. The third-order valence-corrected chi connectivity index (χ3v) is 7.23. The quantitative estimate of drug-likeness (QED) is 0.640. The highest BCUT2D eigenvalue weighted by atomic mass is 16.1. The molecule has 5 atom stereocenters. The third-order valence-electron chi connectivity index (χ3n) is 7.23. The van der Waals surface area contributed by atoms with Gasteiger partial charge < -0.3 is 0 Å². The first kappa shape index (κ1) is 14.9. The molecule has 4 aliphatic carbocycles. The Morgan fingerprint density at radius 3 is 2.78 bits per heavy atom. The molecule has 23 heavy (non-hydrogen) atoms. The molecular formula is C20H23NO2. The maximum Gasteiger partial charge on any atom is 0.139 e. The van der Waals surface area contributed by atoms with Crippen LogP contribution < -0.4 is 0 Å². The van der Waals surface area contributed by atoms with Crippen LogP contribution in [0.3, 0.4) is 0 Å². The van der Waals surface area contributed by atoms with Crippen molar-refractivity contribution in [3.8, 4) is 6.07 Å². The number of hydrogen-bond donors (Lipinski definition) is 0. The minimum absolute atomic E-state index is 0.0705. The van der Waals surface area contributed by atoms with Gasteiger partial charge in [0.05, 0.1) is 12.0 Å². The van der Waals surface area contributed by atoms with Crippen molar-refractivity contribution in [2.45, 2.75) is 52.4 Å². The van der Waals surface area contributed by atoms with Crippen LogP contribution >= 0.6 is 0 Å². The van der Waals surface area contributed by atoms with Gasteiger partial charge in [-0.25, -0.2) is 0 Å². The summed E-state index contributed by atoms with van der Waals surface area (Å²) in [6.45, 7) is 4.35. The number of rotatable bonds is 0. The molecule has 0 aromatic heterocycles. The normalized spacial score (nSPS) is 45.3. The second kappa shape index (κ2) is 4.66. The molecule has 4 unspecified atom stereocenters. The predicted molar refractivity (Wildman–Crippen MR) is 86.2 cm³/mol. The van der Waals surface area contributed by atoms with E-state index in [1.165, 1.54) is 5.57 Å². The molecule has 0 amide bonds. The zero-order valence-corrected chi connectivity index (χ0v) is 13.9. The Morgan fingerprint density at radius 1 is 1.26 bits per heavy atom. The summed E-state index contributed by atoms with van der Waals surface area (Å²) < 4.78 is 0. The van der Waals surface area contributed by atoms with Crippen molar-refractivity contribution >= 4 is 11.6 Å². The van der Waals surface area contributed by atoms with Gasteiger partial charge in [-0.15, -0.1) is 0 Å². The largest absolute Gasteiger partial charge is 0.299 e. The summed E-state index contributed by atoms with van der Waals surface area (Å²) >= 11 is 0. The fraction of sp³-hybridized carbons (Fsp3) is 0.650. The number of nitriles is 1. The summed E-state index contributed by atoms with van der Waals surface area (Å²) in [7, 11) is 0. The van der Waals surface area contributed by atoms with Crippen LogP contribution in [0.2, 0.25) is 0 Å². The van der Waals surface area contributed by atoms with E-state index >= 15 is 0 Å². The molecule has 0 radical (unpaired) electrons. The molecule has 0 bridgehead atoms. The summed E-state index contributed by atoms with van der Waals surface area (Å²) in [5.41, 5.74) is 2.15. The van der Waals surface area contributed by atoms with Gasteiger partial charge in [0.2, 0.25) is 0 Å². The lowest BCUT2D eigenvalue weighted by atomic mass is 9.50. The van der Waals surface area contributed by atoms with Crippen LogP contribution in [0.25, 0.3) is 0 Å². The molecule has 0 aliphatic heterocycles. The summed E-state index contributed by atoms with van der Waals surface area (Å²) in [6, 6.07) is 2.47. The van der Waals surface area contributed by atoms with Gasteiger partial charge in [-0.2, -0.15) is 5.26 Å². The monoisotopic (exact) mass is 309 g/mol. The Labute approximate surface area is 137 Å². The van der Waals surface area contributed by atoms with E-state index in [1.807, 2.05) is 0 Å². The van der Waals surface area contributed by atoms with Crippen LogP contribution in [-0.4, -0.2) is 11.6 Å². The van der Waals surface area contributed by atoms with E-state index in [4.69, 9.17) is 0 Å². The molecule has 0 aromatic rings. The number of nitrogens with zero attached hydrogens (tertiary/aromatic N) is 1. The minimum Gasteiger partial charge on any atom is -0.299 e. The second-order valence-corrected chi connectivity index (χ2v) is 8.27. The zero-order valence-electron chi connectivity index (χ0n) is 13.9. The van der Waals surface area contributed by atoms with Gasteiger partial charge in [0.25, 0.3) is 0 Å². The molecule has 120 valence electrons. The van der Waals surface area contributed by atoms with Crippen LogP contribution in [0.1, 0.15) is 52.4 Å². The van der Waals surface area contributed by atoms with Crippen molar-refractivity contribution in [1.82, 2.24) is 0 Å². The molecule has 2 fully saturated rings. The van der Waals surface area contributed by atoms with E-state index in [-0.39, 0.29) is 28.6 Å². The molecule has 0 saturated heterocycles. The lowest BCUT2D eigenvalue weighted by Gasteiger charge is -2.52. The average Bonchev–Trinajstić information content (AvgIpc) is 2.83. The first-order valence-corrected chi connectivity index (χ1v) is 8.76. The van der Waals surface area contributed by atoms with Crippen LogP contribution in [0, 0.1) is 39.9 Å². The lowest BCUT2D eigenvalue weighted by Crippen LogP contribution is -2.47. The fourth-order valence-electron chi connectivity index (χ4n) is 5.71. The number of carbonyl (C=O) groups excluding carboxylic acids is 2. The van der Waals surface area contributed by atoms with Crippen LogP contribution in [0.4, 0.5) is 0 Å². The van der Waals surface area contributed by atoms with Crippen LogP contribution in [0.5, 0.6) is 0 Å². The Balaban J connectivity index is 1.86. The standard InChI is InChI=1S/C20H23NO2/c1-19-7-5-14(22)10-13(19)9-12(11-21)18-15-3-4-17(23)20(15,2)8-6-16(18)19/h6,9,12,15,18H,3-5,7-8,10H2,1-2H3/t12-,15?,18?,19?,20?/m0/s1. The molecular weight excluding hydrogens is 286 g/mol. The number of fused-ring (bicyclic) bond motifs is 5. The number of Topliss-reactive ketones (excluding diaryl/α,β-unsaturated/α-hetero) is 2. The van der Waals surface area contributed by atoms with Crippen molar-refractivity contribution in [2.75, 3.05) is 0 Å². The number of allylic oxidation sites excluding steroid dienone is 4.